The summed E-state index contributed by atoms with van der Waals surface area (Å²) < 4.78 is 16.2. The van der Waals surface area contributed by atoms with E-state index in [0.29, 0.717) is 31.5 Å². The van der Waals surface area contributed by atoms with Crippen molar-refractivity contribution in [2.24, 2.45) is 0 Å². The molecule has 2 rings (SSSR count). The van der Waals surface area contributed by atoms with E-state index in [1.807, 2.05) is 0 Å². The van der Waals surface area contributed by atoms with E-state index in [-0.39, 0.29) is 5.60 Å². The third kappa shape index (κ3) is 4.76. The number of aromatic nitrogens is 2. The SMILES string of the molecule is CCN(Cc1nc(CCOC)no1)C1CCOC(C)(C)C1. The molecule has 0 spiro atoms. The molecule has 0 aromatic carbocycles. The first-order valence-electron chi connectivity index (χ1n) is 7.72. The quantitative estimate of drug-likeness (QED) is 0.767. The highest BCUT2D eigenvalue weighted by molar-refractivity contribution is 4.90. The average molecular weight is 297 g/mol. The molecule has 1 aromatic heterocycles. The monoisotopic (exact) mass is 297 g/mol. The van der Waals surface area contributed by atoms with Crippen LogP contribution in [0.3, 0.4) is 0 Å². The molecule has 120 valence electrons. The van der Waals surface area contributed by atoms with Crippen molar-refractivity contribution in [3.05, 3.63) is 11.7 Å². The minimum absolute atomic E-state index is 0.0468. The van der Waals surface area contributed by atoms with E-state index in [1.54, 1.807) is 7.11 Å². The summed E-state index contributed by atoms with van der Waals surface area (Å²) >= 11 is 0. The van der Waals surface area contributed by atoms with E-state index < -0.39 is 0 Å². The standard InChI is InChI=1S/C15H27N3O3/c1-5-18(12-6-9-20-15(2,3)10-12)11-14-16-13(17-21-14)7-8-19-4/h12H,5-11H2,1-4H3. The molecular weight excluding hydrogens is 270 g/mol. The third-order valence-corrected chi connectivity index (χ3v) is 3.97. The van der Waals surface area contributed by atoms with Crippen LogP contribution in [0.2, 0.25) is 0 Å². The molecule has 1 aliphatic heterocycles. The molecule has 1 saturated heterocycles. The molecule has 6 heteroatoms. The van der Waals surface area contributed by atoms with Crippen LogP contribution in [0.25, 0.3) is 0 Å². The molecule has 0 radical (unpaired) electrons. The van der Waals surface area contributed by atoms with Crippen molar-refractivity contribution in [3.8, 4) is 0 Å². The van der Waals surface area contributed by atoms with Gasteiger partial charge in [0.15, 0.2) is 5.82 Å². The number of ether oxygens (including phenoxy) is 2. The second-order valence-corrected chi connectivity index (χ2v) is 6.17. The summed E-state index contributed by atoms with van der Waals surface area (Å²) in [6, 6.07) is 0.507. The van der Waals surface area contributed by atoms with E-state index in [2.05, 4.69) is 35.8 Å². The average Bonchev–Trinajstić information content (AvgIpc) is 2.89. The number of methoxy groups -OCH3 is 1. The molecule has 2 heterocycles. The van der Waals surface area contributed by atoms with Gasteiger partial charge in [-0.25, -0.2) is 0 Å². The van der Waals surface area contributed by atoms with Crippen molar-refractivity contribution in [1.29, 1.82) is 0 Å². The van der Waals surface area contributed by atoms with Crippen LogP contribution in [-0.2, 0) is 22.4 Å². The first-order valence-corrected chi connectivity index (χ1v) is 7.72. The lowest BCUT2D eigenvalue weighted by Gasteiger charge is -2.40. The van der Waals surface area contributed by atoms with Gasteiger partial charge in [0.2, 0.25) is 5.89 Å². The summed E-state index contributed by atoms with van der Waals surface area (Å²) in [5, 5.41) is 4.00. The van der Waals surface area contributed by atoms with Crippen LogP contribution >= 0.6 is 0 Å². The molecule has 21 heavy (non-hydrogen) atoms. The van der Waals surface area contributed by atoms with Crippen molar-refractivity contribution < 1.29 is 14.0 Å². The fourth-order valence-electron chi connectivity index (χ4n) is 2.83. The second-order valence-electron chi connectivity index (χ2n) is 6.17. The van der Waals surface area contributed by atoms with Gasteiger partial charge in [-0.2, -0.15) is 4.98 Å². The van der Waals surface area contributed by atoms with Crippen molar-refractivity contribution in [3.63, 3.8) is 0 Å². The lowest BCUT2D eigenvalue weighted by molar-refractivity contribution is -0.0848. The molecule has 0 amide bonds. The second kappa shape index (κ2) is 7.33. The molecule has 0 N–H and O–H groups in total. The Morgan fingerprint density at radius 2 is 2.24 bits per heavy atom. The highest BCUT2D eigenvalue weighted by atomic mass is 16.5. The van der Waals surface area contributed by atoms with Crippen LogP contribution in [0.4, 0.5) is 0 Å². The number of rotatable bonds is 7. The summed E-state index contributed by atoms with van der Waals surface area (Å²) in [4.78, 5) is 6.84. The zero-order valence-electron chi connectivity index (χ0n) is 13.6. The van der Waals surface area contributed by atoms with E-state index in [1.165, 1.54) is 0 Å². The van der Waals surface area contributed by atoms with E-state index in [9.17, 15) is 0 Å². The number of hydrogen-bond acceptors (Lipinski definition) is 6. The minimum Gasteiger partial charge on any atom is -0.384 e. The van der Waals surface area contributed by atoms with Gasteiger partial charge in [0.05, 0.1) is 18.8 Å². The Kier molecular flexibility index (Phi) is 5.72. The van der Waals surface area contributed by atoms with Crippen LogP contribution in [0.15, 0.2) is 4.52 Å². The predicted molar refractivity (Wildman–Crippen MR) is 79.0 cm³/mol. The van der Waals surface area contributed by atoms with Crippen LogP contribution in [0.5, 0.6) is 0 Å². The first-order chi connectivity index (χ1) is 10.0. The van der Waals surface area contributed by atoms with Crippen LogP contribution in [0.1, 0.15) is 45.3 Å². The highest BCUT2D eigenvalue weighted by Gasteiger charge is 2.32. The molecule has 0 aliphatic carbocycles. The summed E-state index contributed by atoms with van der Waals surface area (Å²) in [5.74, 6) is 1.41. The van der Waals surface area contributed by atoms with Gasteiger partial charge < -0.3 is 14.0 Å². The van der Waals surface area contributed by atoms with Gasteiger partial charge in [-0.1, -0.05) is 12.1 Å². The van der Waals surface area contributed by atoms with Crippen LogP contribution in [-0.4, -0.2) is 53.6 Å². The van der Waals surface area contributed by atoms with Gasteiger partial charge in [-0.15, -0.1) is 0 Å². The third-order valence-electron chi connectivity index (χ3n) is 3.97. The van der Waals surface area contributed by atoms with Gasteiger partial charge in [-0.3, -0.25) is 4.90 Å². The summed E-state index contributed by atoms with van der Waals surface area (Å²) in [5.41, 5.74) is -0.0468. The van der Waals surface area contributed by atoms with Crippen molar-refractivity contribution in [2.75, 3.05) is 26.9 Å². The predicted octanol–water partition coefficient (Wildman–Crippen LogP) is 2.04. The highest BCUT2D eigenvalue weighted by Crippen LogP contribution is 2.28. The van der Waals surface area contributed by atoms with Crippen LogP contribution < -0.4 is 0 Å². The maximum absolute atomic E-state index is 5.80. The summed E-state index contributed by atoms with van der Waals surface area (Å²) in [6.07, 6.45) is 2.78. The molecule has 0 saturated carbocycles. The normalized spacial score (nSPS) is 21.9. The summed E-state index contributed by atoms with van der Waals surface area (Å²) in [6.45, 7) is 9.59. The van der Waals surface area contributed by atoms with Crippen molar-refractivity contribution >= 4 is 0 Å². The fraction of sp³-hybridized carbons (Fsp3) is 0.867. The van der Waals surface area contributed by atoms with Crippen LogP contribution in [0, 0.1) is 0 Å². The van der Waals surface area contributed by atoms with Gasteiger partial charge in [0, 0.05) is 26.2 Å². The lowest BCUT2D eigenvalue weighted by atomic mass is 9.93. The lowest BCUT2D eigenvalue weighted by Crippen LogP contribution is -2.45. The Hall–Kier alpha value is -0.980. The number of hydrogen-bond donors (Lipinski definition) is 0. The van der Waals surface area contributed by atoms with Gasteiger partial charge in [0.1, 0.15) is 0 Å². The molecule has 1 unspecified atom stereocenters. The summed E-state index contributed by atoms with van der Waals surface area (Å²) in [7, 11) is 1.67. The maximum atomic E-state index is 5.80. The Morgan fingerprint density at radius 1 is 1.43 bits per heavy atom. The molecule has 6 nitrogen and oxygen atoms in total. The zero-order chi connectivity index (χ0) is 15.3. The van der Waals surface area contributed by atoms with Gasteiger partial charge in [-0.05, 0) is 33.2 Å². The molecule has 1 aliphatic rings. The van der Waals surface area contributed by atoms with Gasteiger partial charge >= 0.3 is 0 Å². The first kappa shape index (κ1) is 16.4. The van der Waals surface area contributed by atoms with E-state index in [0.717, 1.165) is 31.8 Å². The maximum Gasteiger partial charge on any atom is 0.240 e. The Balaban J connectivity index is 1.93. The largest absolute Gasteiger partial charge is 0.384 e. The minimum atomic E-state index is -0.0468. The van der Waals surface area contributed by atoms with E-state index >= 15 is 0 Å². The Labute approximate surface area is 126 Å². The van der Waals surface area contributed by atoms with Gasteiger partial charge in [0.25, 0.3) is 0 Å². The van der Waals surface area contributed by atoms with E-state index in [4.69, 9.17) is 14.0 Å². The Bertz CT molecular complexity index is 434. The van der Waals surface area contributed by atoms with Crippen molar-refractivity contribution in [1.82, 2.24) is 15.0 Å². The molecule has 1 fully saturated rings. The fourth-order valence-corrected chi connectivity index (χ4v) is 2.83. The molecule has 1 aromatic rings. The zero-order valence-corrected chi connectivity index (χ0v) is 13.6. The Morgan fingerprint density at radius 3 is 2.90 bits per heavy atom. The molecule has 1 atom stereocenters. The molecule has 0 bridgehead atoms. The number of nitrogens with zero attached hydrogens (tertiary/aromatic N) is 3. The van der Waals surface area contributed by atoms with Crippen molar-refractivity contribution in [2.45, 2.75) is 58.2 Å². The smallest absolute Gasteiger partial charge is 0.240 e. The molecular formula is C15H27N3O3. The topological polar surface area (TPSA) is 60.6 Å².